The van der Waals surface area contributed by atoms with Crippen LogP contribution < -0.4 is 0 Å². The number of H-pyrrole nitrogens is 1. The van der Waals surface area contributed by atoms with Crippen molar-refractivity contribution in [1.29, 1.82) is 0 Å². The van der Waals surface area contributed by atoms with Crippen LogP contribution in [0.4, 0.5) is 0 Å². The highest BCUT2D eigenvalue weighted by molar-refractivity contribution is 9.10. The molecule has 0 radical (unpaired) electrons. The highest BCUT2D eigenvalue weighted by Gasteiger charge is 2.40. The predicted octanol–water partition coefficient (Wildman–Crippen LogP) is 1.73. The lowest BCUT2D eigenvalue weighted by Gasteiger charge is -2.29. The van der Waals surface area contributed by atoms with E-state index in [0.29, 0.717) is 12.2 Å². The van der Waals surface area contributed by atoms with E-state index < -0.39 is 17.9 Å². The fourth-order valence-corrected chi connectivity index (χ4v) is 2.73. The average molecular weight is 345 g/mol. The van der Waals surface area contributed by atoms with Gasteiger partial charge in [0.05, 0.1) is 19.3 Å². The number of ether oxygens (including phenoxy) is 1. The Morgan fingerprint density at radius 1 is 1.55 bits per heavy atom. The van der Waals surface area contributed by atoms with E-state index in [0.717, 1.165) is 10.9 Å². The van der Waals surface area contributed by atoms with Crippen LogP contribution in [-0.4, -0.2) is 52.7 Å². The second kappa shape index (κ2) is 6.41. The molecule has 110 valence electrons. The van der Waals surface area contributed by atoms with Crippen molar-refractivity contribution in [3.05, 3.63) is 22.4 Å². The van der Waals surface area contributed by atoms with Crippen LogP contribution in [0.25, 0.3) is 0 Å². The first-order chi connectivity index (χ1) is 9.54. The largest absolute Gasteiger partial charge is 0.481 e. The molecule has 2 heterocycles. The van der Waals surface area contributed by atoms with Crippen LogP contribution in [-0.2, 0) is 9.53 Å². The van der Waals surface area contributed by atoms with Gasteiger partial charge in [-0.25, -0.2) is 0 Å². The van der Waals surface area contributed by atoms with E-state index in [1.807, 2.05) is 6.92 Å². The Balaban J connectivity index is 2.22. The van der Waals surface area contributed by atoms with Crippen molar-refractivity contribution < 1.29 is 19.4 Å². The number of amides is 1. The zero-order valence-electron chi connectivity index (χ0n) is 11.1. The first kappa shape index (κ1) is 15.1. The molecule has 1 aliphatic heterocycles. The van der Waals surface area contributed by atoms with Crippen molar-refractivity contribution in [3.63, 3.8) is 0 Å². The number of rotatable bonds is 5. The van der Waals surface area contributed by atoms with Crippen LogP contribution >= 0.6 is 15.9 Å². The fourth-order valence-electron chi connectivity index (χ4n) is 2.39. The van der Waals surface area contributed by atoms with E-state index in [2.05, 4.69) is 20.9 Å². The van der Waals surface area contributed by atoms with Crippen molar-refractivity contribution in [2.45, 2.75) is 19.4 Å². The number of aromatic nitrogens is 1. The Kier molecular flexibility index (Phi) is 4.82. The summed E-state index contributed by atoms with van der Waals surface area (Å²) in [5, 5.41) is 9.22. The molecule has 0 spiro atoms. The molecule has 2 unspecified atom stereocenters. The minimum absolute atomic E-state index is 0.155. The quantitative estimate of drug-likeness (QED) is 0.852. The van der Waals surface area contributed by atoms with Gasteiger partial charge in [-0.1, -0.05) is 6.92 Å². The maximum absolute atomic E-state index is 12.5. The molecule has 20 heavy (non-hydrogen) atoms. The summed E-state index contributed by atoms with van der Waals surface area (Å²) in [5.74, 6) is -1.78. The predicted molar refractivity (Wildman–Crippen MR) is 75.6 cm³/mol. The molecule has 7 heteroatoms. The van der Waals surface area contributed by atoms with Crippen LogP contribution in [0, 0.1) is 5.92 Å². The topological polar surface area (TPSA) is 82.6 Å². The highest BCUT2D eigenvalue weighted by Crippen LogP contribution is 2.23. The third-order valence-corrected chi connectivity index (χ3v) is 3.83. The Bertz CT molecular complexity index is 502. The normalized spacial score (nSPS) is 21.9. The minimum atomic E-state index is -0.922. The zero-order valence-corrected chi connectivity index (χ0v) is 12.7. The monoisotopic (exact) mass is 344 g/mol. The van der Waals surface area contributed by atoms with Crippen molar-refractivity contribution in [1.82, 2.24) is 9.88 Å². The summed E-state index contributed by atoms with van der Waals surface area (Å²) in [4.78, 5) is 28.3. The van der Waals surface area contributed by atoms with E-state index in [4.69, 9.17) is 4.74 Å². The smallest absolute Gasteiger partial charge is 0.311 e. The molecule has 0 saturated carbocycles. The summed E-state index contributed by atoms with van der Waals surface area (Å²) in [6.45, 7) is 2.89. The van der Waals surface area contributed by atoms with Gasteiger partial charge in [-0.05, 0) is 28.4 Å². The van der Waals surface area contributed by atoms with Crippen molar-refractivity contribution in [2.24, 2.45) is 5.92 Å². The second-order valence-electron chi connectivity index (χ2n) is 4.78. The van der Waals surface area contributed by atoms with Gasteiger partial charge in [-0.15, -0.1) is 0 Å². The molecule has 0 aliphatic carbocycles. The molecule has 0 aromatic carbocycles. The van der Waals surface area contributed by atoms with Gasteiger partial charge in [0.25, 0.3) is 5.91 Å². The van der Waals surface area contributed by atoms with Crippen LogP contribution in [0.5, 0.6) is 0 Å². The summed E-state index contributed by atoms with van der Waals surface area (Å²) < 4.78 is 6.04. The molecule has 1 aromatic rings. The summed E-state index contributed by atoms with van der Waals surface area (Å²) in [6.07, 6.45) is 2.44. The third-order valence-electron chi connectivity index (χ3n) is 3.37. The number of aliphatic carboxylic acids is 1. The summed E-state index contributed by atoms with van der Waals surface area (Å²) in [5.41, 5.74) is 0.446. The number of carboxylic acid groups (broad SMARTS) is 1. The Morgan fingerprint density at radius 3 is 2.85 bits per heavy atom. The molecule has 1 fully saturated rings. The van der Waals surface area contributed by atoms with E-state index in [-0.39, 0.29) is 19.1 Å². The van der Waals surface area contributed by atoms with Crippen LogP contribution in [0.2, 0.25) is 0 Å². The fraction of sp³-hybridized carbons (Fsp3) is 0.538. The molecule has 1 aliphatic rings. The van der Waals surface area contributed by atoms with Crippen LogP contribution in [0.3, 0.4) is 0 Å². The Labute approximate surface area is 125 Å². The van der Waals surface area contributed by atoms with E-state index in [9.17, 15) is 14.7 Å². The van der Waals surface area contributed by atoms with Crippen molar-refractivity contribution in [3.8, 4) is 0 Å². The lowest BCUT2D eigenvalue weighted by atomic mass is 10.0. The van der Waals surface area contributed by atoms with Gasteiger partial charge < -0.3 is 19.7 Å². The van der Waals surface area contributed by atoms with Gasteiger partial charge in [-0.2, -0.15) is 0 Å². The lowest BCUT2D eigenvalue weighted by molar-refractivity contribution is -0.142. The van der Waals surface area contributed by atoms with Crippen molar-refractivity contribution in [2.75, 3.05) is 19.8 Å². The molecular formula is C13H17BrN2O4. The van der Waals surface area contributed by atoms with Crippen LogP contribution in [0.15, 0.2) is 16.7 Å². The summed E-state index contributed by atoms with van der Waals surface area (Å²) in [6, 6.07) is 1.28. The number of halogens is 1. The van der Waals surface area contributed by atoms with Crippen LogP contribution in [0.1, 0.15) is 23.8 Å². The van der Waals surface area contributed by atoms with E-state index in [1.165, 1.54) is 0 Å². The average Bonchev–Trinajstić information content (AvgIpc) is 3.03. The molecule has 2 N–H and O–H groups in total. The minimum Gasteiger partial charge on any atom is -0.481 e. The Hall–Kier alpha value is -1.34. The third kappa shape index (κ3) is 3.04. The second-order valence-corrected chi connectivity index (χ2v) is 5.70. The van der Waals surface area contributed by atoms with Gasteiger partial charge in [0.2, 0.25) is 0 Å². The van der Waals surface area contributed by atoms with Gasteiger partial charge in [-0.3, -0.25) is 9.59 Å². The number of hydrogen-bond donors (Lipinski definition) is 2. The first-order valence-electron chi connectivity index (χ1n) is 6.50. The van der Waals surface area contributed by atoms with Crippen molar-refractivity contribution >= 4 is 27.8 Å². The maximum atomic E-state index is 12.5. The molecule has 1 aromatic heterocycles. The van der Waals surface area contributed by atoms with Gasteiger partial charge in [0.15, 0.2) is 0 Å². The molecule has 6 nitrogen and oxygen atoms in total. The Morgan fingerprint density at radius 2 is 2.30 bits per heavy atom. The number of nitrogens with zero attached hydrogens (tertiary/aromatic N) is 1. The number of aromatic amines is 1. The van der Waals surface area contributed by atoms with E-state index in [1.54, 1.807) is 17.2 Å². The number of carbonyl (C=O) groups excluding carboxylic acids is 1. The zero-order chi connectivity index (χ0) is 14.7. The molecule has 1 saturated heterocycles. The number of carboxylic acids is 1. The molecule has 2 atom stereocenters. The number of hydrogen-bond acceptors (Lipinski definition) is 3. The molecule has 2 rings (SSSR count). The number of carbonyl (C=O) groups is 2. The first-order valence-corrected chi connectivity index (χ1v) is 7.29. The SMILES string of the molecule is CCCN(C(=O)c1cc(Br)c[nH]1)C1COCC1C(=O)O. The molecular weight excluding hydrogens is 328 g/mol. The maximum Gasteiger partial charge on any atom is 0.311 e. The van der Waals surface area contributed by atoms with Gasteiger partial charge in [0, 0.05) is 17.2 Å². The van der Waals surface area contributed by atoms with E-state index >= 15 is 0 Å². The van der Waals surface area contributed by atoms with Gasteiger partial charge in [0.1, 0.15) is 11.6 Å². The number of nitrogens with one attached hydrogen (secondary N) is 1. The highest BCUT2D eigenvalue weighted by atomic mass is 79.9. The summed E-state index contributed by atoms with van der Waals surface area (Å²) in [7, 11) is 0. The van der Waals surface area contributed by atoms with Gasteiger partial charge >= 0.3 is 5.97 Å². The lowest BCUT2D eigenvalue weighted by Crippen LogP contribution is -2.47. The molecule has 0 bridgehead atoms. The standard InChI is InChI=1S/C13H17BrN2O4/c1-2-3-16(11-7-20-6-9(11)13(18)19)12(17)10-4-8(14)5-15-10/h4-5,9,11,15H,2-3,6-7H2,1H3,(H,18,19). The summed E-state index contributed by atoms with van der Waals surface area (Å²) >= 11 is 3.29. The molecule has 1 amide bonds.